The third-order valence-corrected chi connectivity index (χ3v) is 3.66. The summed E-state index contributed by atoms with van der Waals surface area (Å²) < 4.78 is 5.07. The number of benzene rings is 1. The van der Waals surface area contributed by atoms with E-state index in [-0.39, 0.29) is 0 Å². The average molecular weight is 336 g/mol. The Balaban J connectivity index is 2.34. The zero-order valence-electron chi connectivity index (χ0n) is 15.2. The molecule has 1 aromatic carbocycles. The summed E-state index contributed by atoms with van der Waals surface area (Å²) in [5, 5.41) is 16.7. The number of hydrogen-bond donors (Lipinski definition) is 3. The van der Waals surface area contributed by atoms with E-state index < -0.39 is 6.10 Å². The van der Waals surface area contributed by atoms with Crippen LogP contribution in [-0.2, 0) is 4.74 Å². The zero-order chi connectivity index (χ0) is 17.6. The molecule has 1 unspecified atom stereocenters. The van der Waals surface area contributed by atoms with Gasteiger partial charge in [0.1, 0.15) is 0 Å². The SMILES string of the molecule is CCNC(=NCCC(O)c1ccccc1)NCCN(C)CCOC. The van der Waals surface area contributed by atoms with Gasteiger partial charge in [-0.25, -0.2) is 0 Å². The quantitative estimate of drug-likeness (QED) is 0.419. The molecule has 0 aliphatic carbocycles. The Morgan fingerprint density at radius 3 is 2.67 bits per heavy atom. The van der Waals surface area contributed by atoms with E-state index in [2.05, 4.69) is 27.6 Å². The van der Waals surface area contributed by atoms with Gasteiger partial charge < -0.3 is 25.4 Å². The van der Waals surface area contributed by atoms with Crippen LogP contribution < -0.4 is 10.6 Å². The Kier molecular flexibility index (Phi) is 10.8. The lowest BCUT2D eigenvalue weighted by Crippen LogP contribution is -2.41. The molecular formula is C18H32N4O2. The molecule has 0 saturated carbocycles. The van der Waals surface area contributed by atoms with Gasteiger partial charge in [-0.15, -0.1) is 0 Å². The minimum absolute atomic E-state index is 0.474. The number of guanidine groups is 1. The number of nitrogens with zero attached hydrogens (tertiary/aromatic N) is 2. The number of rotatable bonds is 11. The van der Waals surface area contributed by atoms with Crippen molar-refractivity contribution in [2.75, 3.05) is 53.5 Å². The highest BCUT2D eigenvalue weighted by Gasteiger charge is 2.06. The van der Waals surface area contributed by atoms with Crippen molar-refractivity contribution in [3.63, 3.8) is 0 Å². The van der Waals surface area contributed by atoms with E-state index in [1.807, 2.05) is 37.3 Å². The Labute approximate surface area is 145 Å². The number of aliphatic hydroxyl groups excluding tert-OH is 1. The Hall–Kier alpha value is -1.63. The van der Waals surface area contributed by atoms with E-state index >= 15 is 0 Å². The van der Waals surface area contributed by atoms with Crippen molar-refractivity contribution in [2.45, 2.75) is 19.4 Å². The summed E-state index contributed by atoms with van der Waals surface area (Å²) in [4.78, 5) is 6.74. The minimum Gasteiger partial charge on any atom is -0.388 e. The van der Waals surface area contributed by atoms with Gasteiger partial charge in [-0.2, -0.15) is 0 Å². The van der Waals surface area contributed by atoms with E-state index in [9.17, 15) is 5.11 Å². The molecule has 0 amide bonds. The van der Waals surface area contributed by atoms with Gasteiger partial charge in [-0.3, -0.25) is 4.99 Å². The van der Waals surface area contributed by atoms with E-state index in [0.29, 0.717) is 13.0 Å². The number of aliphatic imine (C=N–C) groups is 1. The second-order valence-corrected chi connectivity index (χ2v) is 5.70. The monoisotopic (exact) mass is 336 g/mol. The molecule has 0 bridgehead atoms. The van der Waals surface area contributed by atoms with Crippen LogP contribution in [0.15, 0.2) is 35.3 Å². The predicted molar refractivity (Wildman–Crippen MR) is 99.4 cm³/mol. The van der Waals surface area contributed by atoms with Crippen molar-refractivity contribution in [3.8, 4) is 0 Å². The van der Waals surface area contributed by atoms with Gasteiger partial charge in [0.2, 0.25) is 0 Å². The smallest absolute Gasteiger partial charge is 0.191 e. The molecular weight excluding hydrogens is 304 g/mol. The van der Waals surface area contributed by atoms with Gasteiger partial charge in [-0.1, -0.05) is 30.3 Å². The summed E-state index contributed by atoms with van der Waals surface area (Å²) in [7, 11) is 3.78. The number of hydrogen-bond acceptors (Lipinski definition) is 4. The maximum atomic E-state index is 10.2. The fraction of sp³-hybridized carbons (Fsp3) is 0.611. The zero-order valence-corrected chi connectivity index (χ0v) is 15.2. The molecule has 24 heavy (non-hydrogen) atoms. The second kappa shape index (κ2) is 12.8. The third kappa shape index (κ3) is 8.86. The summed E-state index contributed by atoms with van der Waals surface area (Å²) >= 11 is 0. The van der Waals surface area contributed by atoms with Crippen LogP contribution in [0.3, 0.4) is 0 Å². The fourth-order valence-electron chi connectivity index (χ4n) is 2.21. The maximum Gasteiger partial charge on any atom is 0.191 e. The summed E-state index contributed by atoms with van der Waals surface area (Å²) in [5.41, 5.74) is 0.936. The van der Waals surface area contributed by atoms with E-state index in [1.165, 1.54) is 0 Å². The van der Waals surface area contributed by atoms with Crippen molar-refractivity contribution in [3.05, 3.63) is 35.9 Å². The first-order valence-corrected chi connectivity index (χ1v) is 8.60. The van der Waals surface area contributed by atoms with Crippen LogP contribution in [0.1, 0.15) is 25.0 Å². The highest BCUT2D eigenvalue weighted by atomic mass is 16.5. The summed E-state index contributed by atoms with van der Waals surface area (Å²) in [6.07, 6.45) is 0.131. The predicted octanol–water partition coefficient (Wildman–Crippen LogP) is 1.24. The van der Waals surface area contributed by atoms with Gasteiger partial charge in [0.15, 0.2) is 5.96 Å². The van der Waals surface area contributed by atoms with Crippen molar-refractivity contribution in [1.29, 1.82) is 0 Å². The normalized spacial score (nSPS) is 13.1. The van der Waals surface area contributed by atoms with Gasteiger partial charge in [0, 0.05) is 39.8 Å². The molecule has 0 heterocycles. The fourth-order valence-corrected chi connectivity index (χ4v) is 2.21. The molecule has 1 atom stereocenters. The van der Waals surface area contributed by atoms with Crippen LogP contribution in [0.2, 0.25) is 0 Å². The first-order chi connectivity index (χ1) is 11.7. The first kappa shape index (κ1) is 20.4. The molecule has 136 valence electrons. The standard InChI is InChI=1S/C18H32N4O2/c1-4-19-18(21-12-13-22(2)14-15-24-3)20-11-10-17(23)16-8-6-5-7-9-16/h5-9,17,23H,4,10-15H2,1-3H3,(H2,19,20,21). The van der Waals surface area contributed by atoms with Crippen LogP contribution in [-0.4, -0.2) is 69.5 Å². The minimum atomic E-state index is -0.474. The largest absolute Gasteiger partial charge is 0.388 e. The lowest BCUT2D eigenvalue weighted by Gasteiger charge is -2.18. The maximum absolute atomic E-state index is 10.2. The van der Waals surface area contributed by atoms with Crippen molar-refractivity contribution < 1.29 is 9.84 Å². The molecule has 0 saturated heterocycles. The Bertz CT molecular complexity index is 454. The highest BCUT2D eigenvalue weighted by molar-refractivity contribution is 5.79. The van der Waals surface area contributed by atoms with E-state index in [0.717, 1.165) is 44.3 Å². The third-order valence-electron chi connectivity index (χ3n) is 3.66. The molecule has 0 aliphatic rings. The van der Waals surface area contributed by atoms with Crippen LogP contribution in [0.4, 0.5) is 0 Å². The molecule has 6 nitrogen and oxygen atoms in total. The number of aliphatic hydroxyl groups is 1. The lowest BCUT2D eigenvalue weighted by molar-refractivity contribution is 0.162. The lowest BCUT2D eigenvalue weighted by atomic mass is 10.1. The van der Waals surface area contributed by atoms with Gasteiger partial charge >= 0.3 is 0 Å². The van der Waals surface area contributed by atoms with Crippen LogP contribution in [0.5, 0.6) is 0 Å². The molecule has 0 aliphatic heterocycles. The second-order valence-electron chi connectivity index (χ2n) is 5.70. The Morgan fingerprint density at radius 2 is 2.00 bits per heavy atom. The van der Waals surface area contributed by atoms with Crippen LogP contribution in [0, 0.1) is 0 Å². The van der Waals surface area contributed by atoms with E-state index in [4.69, 9.17) is 4.74 Å². The van der Waals surface area contributed by atoms with Crippen molar-refractivity contribution in [1.82, 2.24) is 15.5 Å². The molecule has 0 spiro atoms. The molecule has 0 fully saturated rings. The van der Waals surface area contributed by atoms with Gasteiger partial charge in [0.05, 0.1) is 12.7 Å². The Morgan fingerprint density at radius 1 is 1.25 bits per heavy atom. The number of likely N-dealkylation sites (N-methyl/N-ethyl adjacent to an activating group) is 1. The van der Waals surface area contributed by atoms with Gasteiger partial charge in [0.25, 0.3) is 0 Å². The molecule has 6 heteroatoms. The van der Waals surface area contributed by atoms with E-state index in [1.54, 1.807) is 7.11 Å². The number of methoxy groups -OCH3 is 1. The van der Waals surface area contributed by atoms with Crippen molar-refractivity contribution in [2.24, 2.45) is 4.99 Å². The number of nitrogens with one attached hydrogen (secondary N) is 2. The van der Waals surface area contributed by atoms with Gasteiger partial charge in [-0.05, 0) is 26.0 Å². The average Bonchev–Trinajstić information content (AvgIpc) is 2.60. The highest BCUT2D eigenvalue weighted by Crippen LogP contribution is 2.15. The summed E-state index contributed by atoms with van der Waals surface area (Å²) in [6.45, 7) is 6.81. The number of ether oxygens (including phenoxy) is 1. The molecule has 1 rings (SSSR count). The molecule has 1 aromatic rings. The summed E-state index contributed by atoms with van der Waals surface area (Å²) in [6, 6.07) is 9.70. The molecule has 0 aromatic heterocycles. The summed E-state index contributed by atoms with van der Waals surface area (Å²) in [5.74, 6) is 0.790. The molecule has 0 radical (unpaired) electrons. The van der Waals surface area contributed by atoms with Crippen LogP contribution in [0.25, 0.3) is 0 Å². The van der Waals surface area contributed by atoms with Crippen molar-refractivity contribution >= 4 is 5.96 Å². The molecule has 3 N–H and O–H groups in total. The van der Waals surface area contributed by atoms with Crippen LogP contribution >= 0.6 is 0 Å². The first-order valence-electron chi connectivity index (χ1n) is 8.60. The topological polar surface area (TPSA) is 69.1 Å².